The summed E-state index contributed by atoms with van der Waals surface area (Å²) in [7, 11) is 1.69. The predicted octanol–water partition coefficient (Wildman–Crippen LogP) is 4.85. The van der Waals surface area contributed by atoms with E-state index in [1.165, 1.54) is 0 Å². The molecule has 0 saturated heterocycles. The molecule has 0 amide bonds. The van der Waals surface area contributed by atoms with Crippen LogP contribution in [0.4, 0.5) is 0 Å². The first-order valence-electron chi connectivity index (χ1n) is 11.4. The minimum Gasteiger partial charge on any atom is -0.504 e. The van der Waals surface area contributed by atoms with Gasteiger partial charge in [0.2, 0.25) is 0 Å². The number of hydrogen-bond donors (Lipinski definition) is 1. The summed E-state index contributed by atoms with van der Waals surface area (Å²) >= 11 is 2.09. The maximum absolute atomic E-state index is 13.3. The van der Waals surface area contributed by atoms with E-state index in [0.717, 1.165) is 66.8 Å². The molecular weight excluding hydrogens is 521 g/mol. The van der Waals surface area contributed by atoms with Gasteiger partial charge in [0.05, 0.1) is 10.2 Å². The summed E-state index contributed by atoms with van der Waals surface area (Å²) in [6, 6.07) is 3.70. The summed E-state index contributed by atoms with van der Waals surface area (Å²) in [6.45, 7) is 3.68. The SMILES string of the molecule is CCOc1cc(C2C3=C(CCCC3=O)N(CCCOC)C3=C2C(=O)CCC3)cc(I)c1O. The van der Waals surface area contributed by atoms with Gasteiger partial charge in [0.15, 0.2) is 23.1 Å². The van der Waals surface area contributed by atoms with Crippen LogP contribution in [0.15, 0.2) is 34.7 Å². The molecule has 172 valence electrons. The second-order valence-electron chi connectivity index (χ2n) is 8.49. The Bertz CT molecular complexity index is 952. The fourth-order valence-electron chi connectivity index (χ4n) is 5.21. The zero-order chi connectivity index (χ0) is 22.8. The van der Waals surface area contributed by atoms with Gasteiger partial charge in [-0.2, -0.15) is 0 Å². The number of carbonyl (C=O) groups is 2. The van der Waals surface area contributed by atoms with Crippen LogP contribution in [0.25, 0.3) is 0 Å². The number of hydrogen-bond acceptors (Lipinski definition) is 6. The van der Waals surface area contributed by atoms with E-state index in [9.17, 15) is 14.7 Å². The summed E-state index contributed by atoms with van der Waals surface area (Å²) in [6.07, 6.45) is 5.18. The van der Waals surface area contributed by atoms with Crippen LogP contribution in [-0.4, -0.2) is 48.4 Å². The lowest BCUT2D eigenvalue weighted by molar-refractivity contribution is -0.117. The zero-order valence-electron chi connectivity index (χ0n) is 18.7. The Labute approximate surface area is 202 Å². The molecule has 1 aromatic rings. The second-order valence-corrected chi connectivity index (χ2v) is 9.65. The van der Waals surface area contributed by atoms with E-state index in [2.05, 4.69) is 27.5 Å². The van der Waals surface area contributed by atoms with Crippen LogP contribution in [0.1, 0.15) is 63.4 Å². The molecule has 7 heteroatoms. The van der Waals surface area contributed by atoms with Gasteiger partial charge in [-0.25, -0.2) is 0 Å². The van der Waals surface area contributed by atoms with E-state index in [1.54, 1.807) is 7.11 Å². The number of Topliss-reactive ketones (excluding diaryl/α,β-unsaturated/α-hetero) is 2. The Morgan fingerprint density at radius 3 is 2.25 bits per heavy atom. The number of halogens is 1. The van der Waals surface area contributed by atoms with Crippen molar-refractivity contribution in [2.45, 2.75) is 57.8 Å². The maximum atomic E-state index is 13.3. The first-order valence-corrected chi connectivity index (χ1v) is 12.5. The Morgan fingerprint density at radius 1 is 1.06 bits per heavy atom. The lowest BCUT2D eigenvalue weighted by Crippen LogP contribution is -2.39. The molecule has 0 fully saturated rings. The highest BCUT2D eigenvalue weighted by atomic mass is 127. The second kappa shape index (κ2) is 9.95. The van der Waals surface area contributed by atoms with Gasteiger partial charge in [-0.1, -0.05) is 0 Å². The minimum atomic E-state index is -0.396. The van der Waals surface area contributed by atoms with Crippen LogP contribution in [-0.2, 0) is 14.3 Å². The summed E-state index contributed by atoms with van der Waals surface area (Å²) in [5.74, 6) is 0.347. The standard InChI is InChI=1S/C25H30INO5/c1-3-32-21-14-15(13-16(26)25(21)30)22-23-17(7-4-9-19(23)28)27(11-6-12-31-2)18-8-5-10-20(29)24(18)22/h13-14,22,30H,3-12H2,1-2H3. The average molecular weight is 551 g/mol. The number of nitrogens with zero attached hydrogens (tertiary/aromatic N) is 1. The van der Waals surface area contributed by atoms with Crippen LogP contribution >= 0.6 is 22.6 Å². The number of aromatic hydroxyl groups is 1. The number of allylic oxidation sites excluding steroid dienone is 4. The van der Waals surface area contributed by atoms with Crippen molar-refractivity contribution in [3.8, 4) is 11.5 Å². The van der Waals surface area contributed by atoms with E-state index < -0.39 is 5.92 Å². The molecule has 0 atom stereocenters. The Morgan fingerprint density at radius 2 is 1.69 bits per heavy atom. The van der Waals surface area contributed by atoms with Crippen molar-refractivity contribution in [1.82, 2.24) is 4.90 Å². The fraction of sp³-hybridized carbons (Fsp3) is 0.520. The minimum absolute atomic E-state index is 0.0987. The first kappa shape index (κ1) is 23.3. The predicted molar refractivity (Wildman–Crippen MR) is 130 cm³/mol. The van der Waals surface area contributed by atoms with Crippen LogP contribution in [0.5, 0.6) is 11.5 Å². The van der Waals surface area contributed by atoms with Crippen LogP contribution in [0.3, 0.4) is 0 Å². The molecule has 0 aromatic heterocycles. The Hall–Kier alpha value is -1.87. The third-order valence-corrected chi connectivity index (χ3v) is 7.32. The molecule has 1 heterocycles. The van der Waals surface area contributed by atoms with Crippen molar-refractivity contribution in [3.05, 3.63) is 43.8 Å². The molecule has 1 aliphatic heterocycles. The van der Waals surface area contributed by atoms with Gasteiger partial charge in [-0.15, -0.1) is 0 Å². The smallest absolute Gasteiger partial charge is 0.171 e. The van der Waals surface area contributed by atoms with Crippen LogP contribution < -0.4 is 4.74 Å². The number of ketones is 2. The monoisotopic (exact) mass is 551 g/mol. The van der Waals surface area contributed by atoms with Gasteiger partial charge in [-0.3, -0.25) is 9.59 Å². The average Bonchev–Trinajstić information content (AvgIpc) is 2.77. The highest BCUT2D eigenvalue weighted by Gasteiger charge is 2.43. The van der Waals surface area contributed by atoms with Gasteiger partial charge in [-0.05, 0) is 79.3 Å². The topological polar surface area (TPSA) is 76.1 Å². The third kappa shape index (κ3) is 4.21. The van der Waals surface area contributed by atoms with Gasteiger partial charge >= 0.3 is 0 Å². The Kier molecular flexibility index (Phi) is 7.24. The third-order valence-electron chi connectivity index (χ3n) is 6.50. The fourth-order valence-corrected chi connectivity index (χ4v) is 5.84. The van der Waals surface area contributed by atoms with Gasteiger partial charge in [0.25, 0.3) is 0 Å². The molecule has 0 bridgehead atoms. The number of ether oxygens (including phenoxy) is 2. The van der Waals surface area contributed by atoms with Gasteiger partial charge < -0.3 is 19.5 Å². The van der Waals surface area contributed by atoms with E-state index in [1.807, 2.05) is 19.1 Å². The lowest BCUT2D eigenvalue weighted by Gasteiger charge is -2.44. The summed E-state index contributed by atoms with van der Waals surface area (Å²) in [5, 5.41) is 10.5. The van der Waals surface area contributed by atoms with Gasteiger partial charge in [0.1, 0.15) is 0 Å². The molecule has 4 rings (SSSR count). The molecule has 0 saturated carbocycles. The number of rotatable bonds is 7. The number of carbonyl (C=O) groups excluding carboxylic acids is 2. The summed E-state index contributed by atoms with van der Waals surface area (Å²) in [4.78, 5) is 28.9. The molecule has 32 heavy (non-hydrogen) atoms. The van der Waals surface area contributed by atoms with E-state index in [-0.39, 0.29) is 17.3 Å². The highest BCUT2D eigenvalue weighted by molar-refractivity contribution is 14.1. The van der Waals surface area contributed by atoms with Crippen LogP contribution in [0.2, 0.25) is 0 Å². The lowest BCUT2D eigenvalue weighted by atomic mass is 9.71. The van der Waals surface area contributed by atoms with Crippen molar-refractivity contribution in [3.63, 3.8) is 0 Å². The largest absolute Gasteiger partial charge is 0.504 e. The zero-order valence-corrected chi connectivity index (χ0v) is 20.9. The van der Waals surface area contributed by atoms with Gasteiger partial charge in [0, 0.05) is 61.6 Å². The normalized spacial score (nSPS) is 19.4. The number of phenolic OH excluding ortho intramolecular Hbond substituents is 1. The van der Waals surface area contributed by atoms with Crippen molar-refractivity contribution in [1.29, 1.82) is 0 Å². The molecule has 1 aromatic carbocycles. The van der Waals surface area contributed by atoms with Crippen molar-refractivity contribution >= 4 is 34.2 Å². The highest BCUT2D eigenvalue weighted by Crippen LogP contribution is 2.50. The van der Waals surface area contributed by atoms with E-state index in [4.69, 9.17) is 9.47 Å². The van der Waals surface area contributed by atoms with E-state index >= 15 is 0 Å². The van der Waals surface area contributed by atoms with E-state index in [0.29, 0.717) is 35.4 Å². The maximum Gasteiger partial charge on any atom is 0.171 e. The molecule has 0 radical (unpaired) electrons. The Balaban J connectivity index is 1.90. The number of methoxy groups -OCH3 is 1. The van der Waals surface area contributed by atoms with Crippen molar-refractivity contribution in [2.24, 2.45) is 0 Å². The molecule has 3 aliphatic rings. The quantitative estimate of drug-likeness (QED) is 0.386. The molecule has 6 nitrogen and oxygen atoms in total. The number of benzene rings is 1. The van der Waals surface area contributed by atoms with Crippen LogP contribution in [0, 0.1) is 3.57 Å². The first-order chi connectivity index (χ1) is 15.5. The molecule has 0 unspecified atom stereocenters. The molecule has 0 spiro atoms. The van der Waals surface area contributed by atoms with Crippen molar-refractivity contribution in [2.75, 3.05) is 26.9 Å². The molecule has 1 N–H and O–H groups in total. The summed E-state index contributed by atoms with van der Waals surface area (Å²) in [5.41, 5.74) is 4.49. The molecule has 2 aliphatic carbocycles. The number of phenols is 1. The molecular formula is C25H30INO5. The summed E-state index contributed by atoms with van der Waals surface area (Å²) < 4.78 is 11.6. The van der Waals surface area contributed by atoms with Crippen molar-refractivity contribution < 1.29 is 24.2 Å².